The third-order valence-corrected chi connectivity index (χ3v) is 4.68. The van der Waals surface area contributed by atoms with E-state index in [1.165, 1.54) is 6.20 Å². The number of rotatable bonds is 3. The van der Waals surface area contributed by atoms with Gasteiger partial charge in [-0.2, -0.15) is 8.42 Å². The first-order valence-electron chi connectivity index (χ1n) is 6.35. The molecule has 106 valence electrons. The first-order valence-corrected chi connectivity index (χ1v) is 7.83. The van der Waals surface area contributed by atoms with Crippen LogP contribution in [0.25, 0.3) is 0 Å². The van der Waals surface area contributed by atoms with Crippen molar-refractivity contribution in [2.45, 2.75) is 18.4 Å². The van der Waals surface area contributed by atoms with Crippen molar-refractivity contribution in [1.82, 2.24) is 9.55 Å². The molecule has 0 aliphatic carbocycles. The topological polar surface area (TPSA) is 76.0 Å². The molecule has 2 heterocycles. The fraction of sp³-hybridized carbons (Fsp3) is 0.308. The summed E-state index contributed by atoms with van der Waals surface area (Å²) in [4.78, 5) is 4.05. The molecule has 1 aromatic heterocycles. The summed E-state index contributed by atoms with van der Waals surface area (Å²) in [5.41, 5.74) is 2.76. The highest BCUT2D eigenvalue weighted by Crippen LogP contribution is 2.26. The van der Waals surface area contributed by atoms with E-state index < -0.39 is 10.0 Å². The Hall–Kier alpha value is -2.02. The van der Waals surface area contributed by atoms with Crippen LogP contribution in [0, 0.1) is 6.92 Å². The standard InChI is InChI=1S/C13H16N4O2S/c1-9-15-13(8-17(9)2)20(18,19)16-11-3-4-12-10(7-11)5-6-14-12/h3-4,7-8,14,16H,5-6H2,1-2H3. The molecule has 20 heavy (non-hydrogen) atoms. The Labute approximate surface area is 117 Å². The molecule has 0 unspecified atom stereocenters. The smallest absolute Gasteiger partial charge is 0.280 e. The predicted molar refractivity (Wildman–Crippen MR) is 77.4 cm³/mol. The van der Waals surface area contributed by atoms with E-state index in [1.807, 2.05) is 12.1 Å². The van der Waals surface area contributed by atoms with E-state index in [4.69, 9.17) is 0 Å². The maximum atomic E-state index is 12.3. The SMILES string of the molecule is Cc1nc(S(=O)(=O)Nc2ccc3c(c2)CCN3)cn1C. The Morgan fingerprint density at radius 3 is 2.90 bits per heavy atom. The summed E-state index contributed by atoms with van der Waals surface area (Å²) >= 11 is 0. The number of hydrogen-bond acceptors (Lipinski definition) is 4. The van der Waals surface area contributed by atoms with Crippen LogP contribution in [0.2, 0.25) is 0 Å². The van der Waals surface area contributed by atoms with Gasteiger partial charge in [0.25, 0.3) is 10.0 Å². The van der Waals surface area contributed by atoms with Gasteiger partial charge < -0.3 is 9.88 Å². The number of imidazole rings is 1. The summed E-state index contributed by atoms with van der Waals surface area (Å²) in [6.45, 7) is 2.66. The molecule has 0 bridgehead atoms. The monoisotopic (exact) mass is 292 g/mol. The molecule has 6 nitrogen and oxygen atoms in total. The first kappa shape index (κ1) is 13.0. The van der Waals surface area contributed by atoms with Gasteiger partial charge in [-0.15, -0.1) is 0 Å². The van der Waals surface area contributed by atoms with Gasteiger partial charge in [-0.1, -0.05) is 0 Å². The summed E-state index contributed by atoms with van der Waals surface area (Å²) in [5, 5.41) is 3.28. The van der Waals surface area contributed by atoms with Crippen LogP contribution in [0.5, 0.6) is 0 Å². The zero-order valence-corrected chi connectivity index (χ0v) is 12.2. The summed E-state index contributed by atoms with van der Waals surface area (Å²) in [5.74, 6) is 0.656. The average molecular weight is 292 g/mol. The fourth-order valence-corrected chi connectivity index (χ4v) is 3.32. The van der Waals surface area contributed by atoms with Gasteiger partial charge in [0.15, 0.2) is 5.03 Å². The maximum Gasteiger partial charge on any atom is 0.280 e. The molecule has 0 fully saturated rings. The Morgan fingerprint density at radius 1 is 1.40 bits per heavy atom. The van der Waals surface area contributed by atoms with Gasteiger partial charge in [0.05, 0.1) is 0 Å². The molecular weight excluding hydrogens is 276 g/mol. The number of fused-ring (bicyclic) bond motifs is 1. The molecule has 2 N–H and O–H groups in total. The quantitative estimate of drug-likeness (QED) is 0.899. The third kappa shape index (κ3) is 2.24. The second kappa shape index (κ2) is 4.52. The molecule has 0 amide bonds. The van der Waals surface area contributed by atoms with E-state index in [0.717, 1.165) is 24.2 Å². The summed E-state index contributed by atoms with van der Waals surface area (Å²) in [6.07, 6.45) is 2.42. The molecular formula is C13H16N4O2S. The molecule has 0 spiro atoms. The minimum absolute atomic E-state index is 0.0381. The van der Waals surface area contributed by atoms with Crippen molar-refractivity contribution >= 4 is 21.4 Å². The van der Waals surface area contributed by atoms with Crippen LogP contribution < -0.4 is 10.0 Å². The zero-order valence-electron chi connectivity index (χ0n) is 11.3. The van der Waals surface area contributed by atoms with E-state index in [1.54, 1.807) is 24.6 Å². The van der Waals surface area contributed by atoms with E-state index in [0.29, 0.717) is 11.5 Å². The van der Waals surface area contributed by atoms with Gasteiger partial charge in [-0.05, 0) is 37.1 Å². The molecule has 0 atom stereocenters. The lowest BCUT2D eigenvalue weighted by Crippen LogP contribution is -2.13. The van der Waals surface area contributed by atoms with Crippen LogP contribution in [-0.2, 0) is 23.5 Å². The minimum atomic E-state index is -3.63. The summed E-state index contributed by atoms with van der Waals surface area (Å²) in [6, 6.07) is 5.51. The molecule has 1 aromatic carbocycles. The number of benzene rings is 1. The van der Waals surface area contributed by atoms with Crippen LogP contribution >= 0.6 is 0 Å². The average Bonchev–Trinajstić information content (AvgIpc) is 2.96. The number of nitrogens with one attached hydrogen (secondary N) is 2. The number of nitrogens with zero attached hydrogens (tertiary/aromatic N) is 2. The van der Waals surface area contributed by atoms with Crippen molar-refractivity contribution in [2.75, 3.05) is 16.6 Å². The lowest BCUT2D eigenvalue weighted by molar-refractivity contribution is 0.598. The Balaban J connectivity index is 1.90. The molecule has 0 saturated heterocycles. The van der Waals surface area contributed by atoms with Crippen molar-refractivity contribution in [2.24, 2.45) is 7.05 Å². The van der Waals surface area contributed by atoms with Gasteiger partial charge in [0, 0.05) is 31.2 Å². The van der Waals surface area contributed by atoms with Gasteiger partial charge in [0.2, 0.25) is 0 Å². The third-order valence-electron chi connectivity index (χ3n) is 3.43. The number of hydrogen-bond donors (Lipinski definition) is 2. The lowest BCUT2D eigenvalue weighted by atomic mass is 10.1. The van der Waals surface area contributed by atoms with E-state index in [9.17, 15) is 8.42 Å². The highest BCUT2D eigenvalue weighted by atomic mass is 32.2. The molecule has 0 saturated carbocycles. The minimum Gasteiger partial charge on any atom is -0.384 e. The van der Waals surface area contributed by atoms with Crippen molar-refractivity contribution in [3.05, 3.63) is 35.8 Å². The highest BCUT2D eigenvalue weighted by Gasteiger charge is 2.19. The van der Waals surface area contributed by atoms with E-state index in [2.05, 4.69) is 15.0 Å². The normalized spacial score (nSPS) is 13.9. The maximum absolute atomic E-state index is 12.3. The van der Waals surface area contributed by atoms with Crippen molar-refractivity contribution in [3.8, 4) is 0 Å². The molecule has 1 aliphatic rings. The Kier molecular flexibility index (Phi) is 2.93. The fourth-order valence-electron chi connectivity index (χ4n) is 2.23. The summed E-state index contributed by atoms with van der Waals surface area (Å²) < 4.78 is 28.8. The van der Waals surface area contributed by atoms with E-state index in [-0.39, 0.29) is 5.03 Å². The van der Waals surface area contributed by atoms with Crippen molar-refractivity contribution < 1.29 is 8.42 Å². The van der Waals surface area contributed by atoms with Crippen LogP contribution in [0.3, 0.4) is 0 Å². The molecule has 1 aliphatic heterocycles. The number of aromatic nitrogens is 2. The lowest BCUT2D eigenvalue weighted by Gasteiger charge is -2.07. The van der Waals surface area contributed by atoms with Crippen LogP contribution in [-0.4, -0.2) is 24.5 Å². The van der Waals surface area contributed by atoms with Crippen molar-refractivity contribution in [3.63, 3.8) is 0 Å². The zero-order chi connectivity index (χ0) is 14.3. The van der Waals surface area contributed by atoms with E-state index >= 15 is 0 Å². The van der Waals surface area contributed by atoms with Gasteiger partial charge in [0.1, 0.15) is 5.82 Å². The van der Waals surface area contributed by atoms with Gasteiger partial charge in [-0.25, -0.2) is 4.98 Å². The molecule has 0 radical (unpaired) electrons. The molecule has 2 aromatic rings. The van der Waals surface area contributed by atoms with Crippen LogP contribution in [0.1, 0.15) is 11.4 Å². The van der Waals surface area contributed by atoms with Gasteiger partial charge >= 0.3 is 0 Å². The number of anilines is 2. The Bertz CT molecular complexity index is 745. The highest BCUT2D eigenvalue weighted by molar-refractivity contribution is 7.92. The predicted octanol–water partition coefficient (Wildman–Crippen LogP) is 1.50. The largest absolute Gasteiger partial charge is 0.384 e. The van der Waals surface area contributed by atoms with Crippen LogP contribution in [0.15, 0.2) is 29.4 Å². The van der Waals surface area contributed by atoms with Crippen LogP contribution in [0.4, 0.5) is 11.4 Å². The second-order valence-corrected chi connectivity index (χ2v) is 6.52. The van der Waals surface area contributed by atoms with Crippen molar-refractivity contribution in [1.29, 1.82) is 0 Å². The molecule has 3 rings (SSSR count). The summed E-state index contributed by atoms with van der Waals surface area (Å²) in [7, 11) is -1.87. The number of aryl methyl sites for hydroxylation is 2. The second-order valence-electron chi connectivity index (χ2n) is 4.89. The first-order chi connectivity index (χ1) is 9.45. The number of sulfonamides is 1. The van der Waals surface area contributed by atoms with Gasteiger partial charge in [-0.3, -0.25) is 4.72 Å². The molecule has 7 heteroatoms. The Morgan fingerprint density at radius 2 is 2.20 bits per heavy atom.